The normalized spacial score (nSPS) is 10.1. The molecule has 100 valence electrons. The minimum atomic E-state index is 0.602. The van der Waals surface area contributed by atoms with Crippen LogP contribution in [0.2, 0.25) is 0 Å². The van der Waals surface area contributed by atoms with E-state index in [1.54, 1.807) is 0 Å². The first-order chi connectivity index (χ1) is 8.81. The smallest absolute Gasteiger partial charge is 0.225 e. The van der Waals surface area contributed by atoms with Crippen LogP contribution in [-0.4, -0.2) is 43.1 Å². The second kappa shape index (κ2) is 8.41. The molecule has 0 bridgehead atoms. The lowest BCUT2D eigenvalue weighted by molar-refractivity contribution is -0.109. The summed E-state index contributed by atoms with van der Waals surface area (Å²) >= 11 is 0. The Morgan fingerprint density at radius 3 is 2.61 bits per heavy atom. The topological polar surface area (TPSA) is 70.2 Å². The molecule has 0 aliphatic carbocycles. The average Bonchev–Trinajstić information content (AvgIpc) is 2.39. The van der Waals surface area contributed by atoms with Gasteiger partial charge in [0.05, 0.1) is 0 Å². The van der Waals surface area contributed by atoms with Gasteiger partial charge in [-0.3, -0.25) is 4.79 Å². The van der Waals surface area contributed by atoms with Crippen LogP contribution in [0.3, 0.4) is 0 Å². The first kappa shape index (κ1) is 14.4. The van der Waals surface area contributed by atoms with E-state index in [0.29, 0.717) is 18.9 Å². The summed E-state index contributed by atoms with van der Waals surface area (Å²) in [5.74, 6) is 0.712. The van der Waals surface area contributed by atoms with Crippen molar-refractivity contribution >= 4 is 12.4 Å². The lowest BCUT2D eigenvalue weighted by Crippen LogP contribution is -2.33. The zero-order valence-electron chi connectivity index (χ0n) is 11.0. The zero-order chi connectivity index (χ0) is 13.2. The molecule has 0 saturated carbocycles. The minimum Gasteiger partial charge on any atom is -0.357 e. The van der Waals surface area contributed by atoms with E-state index in [9.17, 15) is 4.79 Å². The number of carbonyl (C=O) groups excluding carboxylic acids is 1. The lowest BCUT2D eigenvalue weighted by atomic mass is 10.3. The Morgan fingerprint density at radius 1 is 1.33 bits per heavy atom. The second-order valence-electron chi connectivity index (χ2n) is 3.98. The fourth-order valence-electron chi connectivity index (χ4n) is 1.65. The van der Waals surface area contributed by atoms with Gasteiger partial charge in [-0.25, -0.2) is 9.97 Å². The molecule has 18 heavy (non-hydrogen) atoms. The van der Waals surface area contributed by atoms with E-state index in [2.05, 4.69) is 32.4 Å². The molecular weight excluding hydrogens is 230 g/mol. The summed E-state index contributed by atoms with van der Waals surface area (Å²) in [5, 5.41) is 5.71. The molecule has 1 aromatic heterocycles. The SMILES string of the molecule is CCCN(CCNC=O)c1ncc(CNC)cn1. The maximum Gasteiger partial charge on any atom is 0.225 e. The highest BCUT2D eigenvalue weighted by Crippen LogP contribution is 2.07. The molecule has 6 nitrogen and oxygen atoms in total. The third kappa shape index (κ3) is 4.67. The van der Waals surface area contributed by atoms with Crippen LogP contribution in [0, 0.1) is 0 Å². The molecule has 1 rings (SSSR count). The summed E-state index contributed by atoms with van der Waals surface area (Å²) < 4.78 is 0. The summed E-state index contributed by atoms with van der Waals surface area (Å²) in [5.41, 5.74) is 1.06. The first-order valence-electron chi connectivity index (χ1n) is 6.19. The molecule has 0 aliphatic rings. The third-order valence-electron chi connectivity index (χ3n) is 2.46. The summed E-state index contributed by atoms with van der Waals surface area (Å²) in [6.07, 6.45) is 5.38. The Hall–Kier alpha value is -1.69. The number of nitrogens with zero attached hydrogens (tertiary/aromatic N) is 3. The van der Waals surface area contributed by atoms with Gasteiger partial charge in [0.1, 0.15) is 0 Å². The lowest BCUT2D eigenvalue weighted by Gasteiger charge is -2.21. The highest BCUT2D eigenvalue weighted by Gasteiger charge is 2.07. The average molecular weight is 251 g/mol. The molecule has 1 amide bonds. The maximum atomic E-state index is 10.2. The number of carbonyl (C=O) groups is 1. The van der Waals surface area contributed by atoms with E-state index in [1.165, 1.54) is 0 Å². The van der Waals surface area contributed by atoms with Gasteiger partial charge in [0.25, 0.3) is 0 Å². The van der Waals surface area contributed by atoms with Gasteiger partial charge in [-0.15, -0.1) is 0 Å². The Kier molecular flexibility index (Phi) is 6.71. The molecule has 6 heteroatoms. The van der Waals surface area contributed by atoms with Crippen molar-refractivity contribution in [1.82, 2.24) is 20.6 Å². The van der Waals surface area contributed by atoms with Gasteiger partial charge in [0, 0.05) is 44.1 Å². The second-order valence-corrected chi connectivity index (χ2v) is 3.98. The number of amides is 1. The van der Waals surface area contributed by atoms with E-state index in [4.69, 9.17) is 0 Å². The number of hydrogen-bond acceptors (Lipinski definition) is 5. The molecule has 1 aromatic rings. The summed E-state index contributed by atoms with van der Waals surface area (Å²) in [6.45, 7) is 5.07. The molecular formula is C12H21N5O. The van der Waals surface area contributed by atoms with Crippen LogP contribution in [0.5, 0.6) is 0 Å². The van der Waals surface area contributed by atoms with Crippen LogP contribution >= 0.6 is 0 Å². The Balaban J connectivity index is 2.62. The monoisotopic (exact) mass is 251 g/mol. The van der Waals surface area contributed by atoms with Crippen molar-refractivity contribution in [3.8, 4) is 0 Å². The van der Waals surface area contributed by atoms with Gasteiger partial charge in [0.2, 0.25) is 12.4 Å². The van der Waals surface area contributed by atoms with Crippen LogP contribution < -0.4 is 15.5 Å². The highest BCUT2D eigenvalue weighted by atomic mass is 16.1. The van der Waals surface area contributed by atoms with Crippen LogP contribution in [0.15, 0.2) is 12.4 Å². The molecule has 0 atom stereocenters. The number of aromatic nitrogens is 2. The minimum absolute atomic E-state index is 0.602. The van der Waals surface area contributed by atoms with Gasteiger partial charge >= 0.3 is 0 Å². The fraction of sp³-hybridized carbons (Fsp3) is 0.583. The molecule has 0 saturated heterocycles. The largest absolute Gasteiger partial charge is 0.357 e. The molecule has 0 aliphatic heterocycles. The van der Waals surface area contributed by atoms with Gasteiger partial charge < -0.3 is 15.5 Å². The van der Waals surface area contributed by atoms with Crippen LogP contribution in [0.4, 0.5) is 5.95 Å². The number of hydrogen-bond donors (Lipinski definition) is 2. The van der Waals surface area contributed by atoms with Crippen molar-refractivity contribution in [1.29, 1.82) is 0 Å². The van der Waals surface area contributed by atoms with Crippen LogP contribution in [0.1, 0.15) is 18.9 Å². The summed E-state index contributed by atoms with van der Waals surface area (Å²) in [4.78, 5) is 21.0. The van der Waals surface area contributed by atoms with Gasteiger partial charge in [-0.2, -0.15) is 0 Å². The predicted octanol–water partition coefficient (Wildman–Crippen LogP) is 0.158. The van der Waals surface area contributed by atoms with Gasteiger partial charge in [-0.05, 0) is 13.5 Å². The van der Waals surface area contributed by atoms with E-state index in [0.717, 1.165) is 31.6 Å². The Morgan fingerprint density at radius 2 is 2.06 bits per heavy atom. The Bertz CT molecular complexity index is 341. The standard InChI is InChI=1S/C12H21N5O/c1-3-5-17(6-4-14-10-18)12-15-8-11(7-13-2)9-16-12/h8-10,13H,3-7H2,1-2H3,(H,14,18). The molecule has 0 unspecified atom stereocenters. The first-order valence-corrected chi connectivity index (χ1v) is 6.19. The molecule has 2 N–H and O–H groups in total. The number of anilines is 1. The number of rotatable bonds is 9. The van der Waals surface area contributed by atoms with Gasteiger partial charge in [-0.1, -0.05) is 6.92 Å². The summed E-state index contributed by atoms with van der Waals surface area (Å²) in [6, 6.07) is 0. The Labute approximate surface area is 108 Å². The maximum absolute atomic E-state index is 10.2. The number of nitrogens with one attached hydrogen (secondary N) is 2. The third-order valence-corrected chi connectivity index (χ3v) is 2.46. The van der Waals surface area contributed by atoms with Crippen molar-refractivity contribution in [3.05, 3.63) is 18.0 Å². The van der Waals surface area contributed by atoms with E-state index in [1.807, 2.05) is 19.4 Å². The molecule has 1 heterocycles. The van der Waals surface area contributed by atoms with Gasteiger partial charge in [0.15, 0.2) is 0 Å². The van der Waals surface area contributed by atoms with E-state index < -0.39 is 0 Å². The van der Waals surface area contributed by atoms with Crippen molar-refractivity contribution in [3.63, 3.8) is 0 Å². The van der Waals surface area contributed by atoms with Crippen molar-refractivity contribution < 1.29 is 4.79 Å². The quantitative estimate of drug-likeness (QED) is 0.483. The fourth-order valence-corrected chi connectivity index (χ4v) is 1.65. The van der Waals surface area contributed by atoms with Crippen LogP contribution in [0.25, 0.3) is 0 Å². The van der Waals surface area contributed by atoms with Crippen molar-refractivity contribution in [2.75, 3.05) is 31.6 Å². The highest BCUT2D eigenvalue weighted by molar-refractivity contribution is 5.46. The molecule has 0 spiro atoms. The summed E-state index contributed by atoms with van der Waals surface area (Å²) in [7, 11) is 1.89. The van der Waals surface area contributed by atoms with Crippen molar-refractivity contribution in [2.45, 2.75) is 19.9 Å². The molecule has 0 radical (unpaired) electrons. The van der Waals surface area contributed by atoms with Crippen LogP contribution in [-0.2, 0) is 11.3 Å². The van der Waals surface area contributed by atoms with Crippen molar-refractivity contribution in [2.24, 2.45) is 0 Å². The molecule has 0 aromatic carbocycles. The van der Waals surface area contributed by atoms with E-state index in [-0.39, 0.29) is 0 Å². The van der Waals surface area contributed by atoms with E-state index >= 15 is 0 Å². The zero-order valence-corrected chi connectivity index (χ0v) is 11.0. The predicted molar refractivity (Wildman–Crippen MR) is 71.4 cm³/mol. The molecule has 0 fully saturated rings.